The van der Waals surface area contributed by atoms with Gasteiger partial charge in [0.15, 0.2) is 0 Å². The maximum atomic E-state index is 4.08. The van der Waals surface area contributed by atoms with Crippen molar-refractivity contribution in [2.75, 3.05) is 38.5 Å². The lowest BCUT2D eigenvalue weighted by atomic mass is 10.1. The van der Waals surface area contributed by atoms with Crippen molar-refractivity contribution < 1.29 is 0 Å². The third kappa shape index (κ3) is 3.47. The maximum absolute atomic E-state index is 4.08. The summed E-state index contributed by atoms with van der Waals surface area (Å²) in [7, 11) is 2.18. The Bertz CT molecular complexity index is 301. The molecule has 0 aliphatic carbocycles. The van der Waals surface area contributed by atoms with Crippen LogP contribution in [-0.2, 0) is 0 Å². The van der Waals surface area contributed by atoms with Crippen LogP contribution in [0.4, 0.5) is 5.69 Å². The van der Waals surface area contributed by atoms with E-state index in [0.717, 1.165) is 38.3 Å². The molecule has 1 atom stereocenters. The largest absolute Gasteiger partial charge is 0.384 e. The van der Waals surface area contributed by atoms with Crippen molar-refractivity contribution in [1.82, 2.24) is 15.2 Å². The highest BCUT2D eigenvalue weighted by Crippen LogP contribution is 2.05. The first-order valence-electron chi connectivity index (χ1n) is 5.90. The number of likely N-dealkylation sites (N-methyl/N-ethyl adjacent to an activating group) is 1. The van der Waals surface area contributed by atoms with E-state index in [1.54, 1.807) is 6.20 Å². The SMILES string of the molecule is CN1CCNC(CCNc2cccnc2)C1. The van der Waals surface area contributed by atoms with Crippen LogP contribution in [-0.4, -0.2) is 49.2 Å². The van der Waals surface area contributed by atoms with Gasteiger partial charge in [-0.05, 0) is 25.6 Å². The van der Waals surface area contributed by atoms with E-state index in [4.69, 9.17) is 0 Å². The molecule has 1 aromatic heterocycles. The van der Waals surface area contributed by atoms with E-state index in [2.05, 4.69) is 27.6 Å². The Morgan fingerprint density at radius 1 is 1.62 bits per heavy atom. The molecule has 1 unspecified atom stereocenters. The van der Waals surface area contributed by atoms with E-state index in [9.17, 15) is 0 Å². The summed E-state index contributed by atoms with van der Waals surface area (Å²) in [6.45, 7) is 4.41. The predicted octanol–water partition coefficient (Wildman–Crippen LogP) is 0.787. The summed E-state index contributed by atoms with van der Waals surface area (Å²) in [4.78, 5) is 6.46. The summed E-state index contributed by atoms with van der Waals surface area (Å²) in [5.41, 5.74) is 1.10. The summed E-state index contributed by atoms with van der Waals surface area (Å²) >= 11 is 0. The van der Waals surface area contributed by atoms with Crippen LogP contribution >= 0.6 is 0 Å². The zero-order chi connectivity index (χ0) is 11.2. The Hall–Kier alpha value is -1.13. The second-order valence-electron chi connectivity index (χ2n) is 4.37. The number of hydrogen-bond acceptors (Lipinski definition) is 4. The Balaban J connectivity index is 1.68. The number of rotatable bonds is 4. The van der Waals surface area contributed by atoms with Gasteiger partial charge < -0.3 is 15.5 Å². The summed E-state index contributed by atoms with van der Waals surface area (Å²) in [5, 5.41) is 6.92. The highest BCUT2D eigenvalue weighted by molar-refractivity contribution is 5.39. The topological polar surface area (TPSA) is 40.2 Å². The fourth-order valence-corrected chi connectivity index (χ4v) is 2.04. The molecule has 0 amide bonds. The van der Waals surface area contributed by atoms with E-state index in [1.807, 2.05) is 18.3 Å². The van der Waals surface area contributed by atoms with Gasteiger partial charge in [0.1, 0.15) is 0 Å². The smallest absolute Gasteiger partial charge is 0.0526 e. The first-order chi connectivity index (χ1) is 7.84. The molecule has 88 valence electrons. The van der Waals surface area contributed by atoms with E-state index in [-0.39, 0.29) is 0 Å². The molecule has 1 aliphatic rings. The fourth-order valence-electron chi connectivity index (χ4n) is 2.04. The van der Waals surface area contributed by atoms with Crippen molar-refractivity contribution in [2.45, 2.75) is 12.5 Å². The normalized spacial score (nSPS) is 21.9. The summed E-state index contributed by atoms with van der Waals surface area (Å²) in [6.07, 6.45) is 4.81. The minimum Gasteiger partial charge on any atom is -0.384 e. The molecule has 1 saturated heterocycles. The van der Waals surface area contributed by atoms with Crippen molar-refractivity contribution in [3.05, 3.63) is 24.5 Å². The minimum atomic E-state index is 0.614. The third-order valence-electron chi connectivity index (χ3n) is 2.94. The molecule has 0 saturated carbocycles. The van der Waals surface area contributed by atoms with Gasteiger partial charge in [-0.3, -0.25) is 4.98 Å². The van der Waals surface area contributed by atoms with Gasteiger partial charge in [-0.2, -0.15) is 0 Å². The van der Waals surface area contributed by atoms with Gasteiger partial charge in [0, 0.05) is 44.6 Å². The van der Waals surface area contributed by atoms with Crippen LogP contribution in [0.2, 0.25) is 0 Å². The van der Waals surface area contributed by atoms with Gasteiger partial charge in [-0.1, -0.05) is 0 Å². The standard InChI is InChI=1S/C12H20N4/c1-16-8-7-15-12(10-16)4-6-14-11-3-2-5-13-9-11/h2-3,5,9,12,14-15H,4,6-8,10H2,1H3. The lowest BCUT2D eigenvalue weighted by Crippen LogP contribution is -2.49. The van der Waals surface area contributed by atoms with Crippen LogP contribution in [0.15, 0.2) is 24.5 Å². The number of hydrogen-bond donors (Lipinski definition) is 2. The highest BCUT2D eigenvalue weighted by atomic mass is 15.2. The number of anilines is 1. The number of aromatic nitrogens is 1. The number of nitrogens with one attached hydrogen (secondary N) is 2. The molecular weight excluding hydrogens is 200 g/mol. The lowest BCUT2D eigenvalue weighted by Gasteiger charge is -2.31. The second kappa shape index (κ2) is 5.82. The van der Waals surface area contributed by atoms with Gasteiger partial charge in [-0.15, -0.1) is 0 Å². The molecule has 0 radical (unpaired) electrons. The predicted molar refractivity (Wildman–Crippen MR) is 66.6 cm³/mol. The summed E-state index contributed by atoms with van der Waals surface area (Å²) in [6, 6.07) is 4.62. The average molecular weight is 220 g/mol. The van der Waals surface area contributed by atoms with Gasteiger partial charge in [-0.25, -0.2) is 0 Å². The molecule has 2 rings (SSSR count). The molecule has 1 fully saturated rings. The van der Waals surface area contributed by atoms with E-state index in [1.165, 1.54) is 0 Å². The molecule has 0 aromatic carbocycles. The van der Waals surface area contributed by atoms with Gasteiger partial charge in [0.05, 0.1) is 5.69 Å². The monoisotopic (exact) mass is 220 g/mol. The Labute approximate surface area is 97.1 Å². The van der Waals surface area contributed by atoms with Crippen molar-refractivity contribution in [3.63, 3.8) is 0 Å². The van der Waals surface area contributed by atoms with Crippen LogP contribution in [0.3, 0.4) is 0 Å². The van der Waals surface area contributed by atoms with E-state index >= 15 is 0 Å². The van der Waals surface area contributed by atoms with Crippen molar-refractivity contribution >= 4 is 5.69 Å². The molecule has 2 heterocycles. The third-order valence-corrected chi connectivity index (χ3v) is 2.94. The molecule has 4 heteroatoms. The van der Waals surface area contributed by atoms with Crippen LogP contribution < -0.4 is 10.6 Å². The molecule has 4 nitrogen and oxygen atoms in total. The highest BCUT2D eigenvalue weighted by Gasteiger charge is 2.15. The van der Waals surface area contributed by atoms with Crippen LogP contribution in [0.25, 0.3) is 0 Å². The molecule has 16 heavy (non-hydrogen) atoms. The summed E-state index contributed by atoms with van der Waals surface area (Å²) in [5.74, 6) is 0. The lowest BCUT2D eigenvalue weighted by molar-refractivity contribution is 0.234. The molecule has 2 N–H and O–H groups in total. The van der Waals surface area contributed by atoms with Crippen molar-refractivity contribution in [2.24, 2.45) is 0 Å². The Morgan fingerprint density at radius 2 is 2.56 bits per heavy atom. The fraction of sp³-hybridized carbons (Fsp3) is 0.583. The molecular formula is C12H20N4. The Kier molecular flexibility index (Phi) is 4.13. The minimum absolute atomic E-state index is 0.614. The van der Waals surface area contributed by atoms with Crippen LogP contribution in [0, 0.1) is 0 Å². The molecule has 0 spiro atoms. The number of nitrogens with zero attached hydrogens (tertiary/aromatic N) is 2. The Morgan fingerprint density at radius 3 is 3.31 bits per heavy atom. The van der Waals surface area contributed by atoms with Crippen molar-refractivity contribution in [1.29, 1.82) is 0 Å². The number of pyridine rings is 1. The maximum Gasteiger partial charge on any atom is 0.0526 e. The molecule has 1 aromatic rings. The van der Waals surface area contributed by atoms with Gasteiger partial charge >= 0.3 is 0 Å². The summed E-state index contributed by atoms with van der Waals surface area (Å²) < 4.78 is 0. The quantitative estimate of drug-likeness (QED) is 0.787. The average Bonchev–Trinajstić information content (AvgIpc) is 2.30. The van der Waals surface area contributed by atoms with Gasteiger partial charge in [0.25, 0.3) is 0 Å². The second-order valence-corrected chi connectivity index (χ2v) is 4.37. The van der Waals surface area contributed by atoms with E-state index < -0.39 is 0 Å². The van der Waals surface area contributed by atoms with Crippen LogP contribution in [0.5, 0.6) is 0 Å². The zero-order valence-electron chi connectivity index (χ0n) is 9.82. The molecule has 1 aliphatic heterocycles. The van der Waals surface area contributed by atoms with Crippen molar-refractivity contribution in [3.8, 4) is 0 Å². The number of piperazine rings is 1. The first-order valence-corrected chi connectivity index (χ1v) is 5.90. The van der Waals surface area contributed by atoms with E-state index in [0.29, 0.717) is 6.04 Å². The molecule has 0 bridgehead atoms. The first kappa shape index (κ1) is 11.4. The van der Waals surface area contributed by atoms with Gasteiger partial charge in [0.2, 0.25) is 0 Å². The van der Waals surface area contributed by atoms with Crippen LogP contribution in [0.1, 0.15) is 6.42 Å². The zero-order valence-corrected chi connectivity index (χ0v) is 9.82.